The highest BCUT2D eigenvalue weighted by atomic mass is 35.5. The molecule has 0 aliphatic heterocycles. The average Bonchev–Trinajstić information content (AvgIpc) is 2.40. The number of para-hydroxylation sites is 1. The Bertz CT molecular complexity index is 645. The van der Waals surface area contributed by atoms with Crippen LogP contribution in [0.1, 0.15) is 24.6 Å². The van der Waals surface area contributed by atoms with Crippen LogP contribution in [0.4, 0.5) is 0 Å². The highest BCUT2D eigenvalue weighted by Crippen LogP contribution is 2.30. The van der Waals surface area contributed by atoms with Gasteiger partial charge in [0.2, 0.25) is 0 Å². The molecule has 1 aromatic carbocycles. The lowest BCUT2D eigenvalue weighted by atomic mass is 10.1. The Morgan fingerprint density at radius 3 is 2.85 bits per heavy atom. The van der Waals surface area contributed by atoms with E-state index in [2.05, 4.69) is 4.98 Å². The van der Waals surface area contributed by atoms with Gasteiger partial charge in [-0.2, -0.15) is 11.8 Å². The van der Waals surface area contributed by atoms with Crippen molar-refractivity contribution in [3.63, 3.8) is 0 Å². The van der Waals surface area contributed by atoms with Gasteiger partial charge in [-0.3, -0.25) is 9.78 Å². The number of hydrogen-bond acceptors (Lipinski definition) is 3. The number of fused-ring (bicyclic) bond motifs is 1. The SMILES string of the molecule is Cc1c(Cl)c(CSC(C)CC(=O)O)nc2ccccc12. The van der Waals surface area contributed by atoms with Crippen LogP contribution < -0.4 is 0 Å². The second-order valence-electron chi connectivity index (χ2n) is 4.73. The summed E-state index contributed by atoms with van der Waals surface area (Å²) in [5, 5.41) is 10.5. The van der Waals surface area contributed by atoms with Gasteiger partial charge in [0, 0.05) is 16.4 Å². The minimum Gasteiger partial charge on any atom is -0.481 e. The summed E-state index contributed by atoms with van der Waals surface area (Å²) in [7, 11) is 0. The minimum absolute atomic E-state index is 0.0390. The summed E-state index contributed by atoms with van der Waals surface area (Å²) >= 11 is 7.93. The molecule has 2 aromatic rings. The molecule has 2 rings (SSSR count). The molecule has 0 bridgehead atoms. The Kier molecular flexibility index (Phi) is 4.89. The molecule has 1 N–H and O–H groups in total. The van der Waals surface area contributed by atoms with Crippen LogP contribution in [-0.4, -0.2) is 21.3 Å². The number of thioether (sulfide) groups is 1. The van der Waals surface area contributed by atoms with Gasteiger partial charge in [-0.25, -0.2) is 0 Å². The Morgan fingerprint density at radius 1 is 1.45 bits per heavy atom. The highest BCUT2D eigenvalue weighted by Gasteiger charge is 2.13. The molecule has 0 aliphatic rings. The quantitative estimate of drug-likeness (QED) is 0.895. The van der Waals surface area contributed by atoms with Crippen molar-refractivity contribution in [2.75, 3.05) is 0 Å². The monoisotopic (exact) mass is 309 g/mol. The molecule has 1 aromatic heterocycles. The van der Waals surface area contributed by atoms with Crippen molar-refractivity contribution in [3.8, 4) is 0 Å². The van der Waals surface area contributed by atoms with Crippen molar-refractivity contribution >= 4 is 40.2 Å². The van der Waals surface area contributed by atoms with E-state index < -0.39 is 5.97 Å². The van der Waals surface area contributed by atoms with E-state index in [1.807, 2.05) is 38.1 Å². The number of hydrogen-bond donors (Lipinski definition) is 1. The molecule has 0 amide bonds. The Morgan fingerprint density at radius 2 is 2.15 bits per heavy atom. The van der Waals surface area contributed by atoms with E-state index in [4.69, 9.17) is 16.7 Å². The minimum atomic E-state index is -0.779. The number of nitrogens with zero attached hydrogens (tertiary/aromatic N) is 1. The number of carbonyl (C=O) groups is 1. The lowest BCUT2D eigenvalue weighted by Crippen LogP contribution is -2.06. The molecule has 0 fully saturated rings. The summed E-state index contributed by atoms with van der Waals surface area (Å²) in [6, 6.07) is 7.89. The van der Waals surface area contributed by atoms with Gasteiger partial charge in [-0.1, -0.05) is 36.7 Å². The molecule has 0 aliphatic carbocycles. The Labute approximate surface area is 127 Å². The summed E-state index contributed by atoms with van der Waals surface area (Å²) in [5.41, 5.74) is 2.78. The molecule has 0 spiro atoms. The van der Waals surface area contributed by atoms with E-state index in [1.165, 1.54) is 0 Å². The first-order valence-electron chi connectivity index (χ1n) is 6.36. The number of aromatic nitrogens is 1. The standard InChI is InChI=1S/C15H16ClNO2S/c1-9(7-14(18)19)20-8-13-15(16)10(2)11-5-3-4-6-12(11)17-13/h3-6,9H,7-8H2,1-2H3,(H,18,19). The van der Waals surface area contributed by atoms with Gasteiger partial charge in [-0.15, -0.1) is 0 Å². The number of aryl methyl sites for hydroxylation is 1. The number of pyridine rings is 1. The van der Waals surface area contributed by atoms with E-state index in [1.54, 1.807) is 11.8 Å². The van der Waals surface area contributed by atoms with Gasteiger partial charge in [0.05, 0.1) is 22.7 Å². The zero-order chi connectivity index (χ0) is 14.7. The third-order valence-corrected chi connectivity index (χ3v) is 4.79. The highest BCUT2D eigenvalue weighted by molar-refractivity contribution is 7.99. The van der Waals surface area contributed by atoms with Gasteiger partial charge in [-0.05, 0) is 18.6 Å². The smallest absolute Gasteiger partial charge is 0.304 e. The van der Waals surface area contributed by atoms with Crippen LogP contribution in [0.3, 0.4) is 0 Å². The first-order chi connectivity index (χ1) is 9.49. The predicted molar refractivity (Wildman–Crippen MR) is 84.5 cm³/mol. The van der Waals surface area contributed by atoms with E-state index >= 15 is 0 Å². The van der Waals surface area contributed by atoms with Crippen LogP contribution in [0.25, 0.3) is 10.9 Å². The van der Waals surface area contributed by atoms with E-state index in [0.29, 0.717) is 10.8 Å². The number of aliphatic carboxylic acids is 1. The lowest BCUT2D eigenvalue weighted by Gasteiger charge is -2.12. The molecule has 1 atom stereocenters. The molecular formula is C15H16ClNO2S. The summed E-state index contributed by atoms with van der Waals surface area (Å²) < 4.78 is 0. The molecule has 5 heteroatoms. The average molecular weight is 310 g/mol. The third-order valence-electron chi connectivity index (χ3n) is 3.11. The Balaban J connectivity index is 2.22. The molecular weight excluding hydrogens is 294 g/mol. The van der Waals surface area contributed by atoms with Gasteiger partial charge in [0.15, 0.2) is 0 Å². The number of benzene rings is 1. The maximum Gasteiger partial charge on any atom is 0.304 e. The summed E-state index contributed by atoms with van der Waals surface area (Å²) in [4.78, 5) is 15.2. The molecule has 0 radical (unpaired) electrons. The second kappa shape index (κ2) is 6.46. The number of rotatable bonds is 5. The zero-order valence-electron chi connectivity index (χ0n) is 11.4. The van der Waals surface area contributed by atoms with Gasteiger partial charge < -0.3 is 5.11 Å². The molecule has 1 heterocycles. The van der Waals surface area contributed by atoms with E-state index in [0.717, 1.165) is 22.2 Å². The van der Waals surface area contributed by atoms with Gasteiger partial charge >= 0.3 is 5.97 Å². The maximum atomic E-state index is 10.7. The second-order valence-corrected chi connectivity index (χ2v) is 6.54. The van der Waals surface area contributed by atoms with Crippen LogP contribution in [0, 0.1) is 6.92 Å². The van der Waals surface area contributed by atoms with Crippen molar-refractivity contribution in [2.45, 2.75) is 31.3 Å². The number of carboxylic acid groups (broad SMARTS) is 1. The molecule has 0 saturated carbocycles. The number of carboxylic acids is 1. The summed E-state index contributed by atoms with van der Waals surface area (Å²) in [5.74, 6) is -0.155. The first kappa shape index (κ1) is 15.1. The van der Waals surface area contributed by atoms with Crippen molar-refractivity contribution in [2.24, 2.45) is 0 Å². The van der Waals surface area contributed by atoms with E-state index in [-0.39, 0.29) is 11.7 Å². The van der Waals surface area contributed by atoms with Gasteiger partial charge in [0.25, 0.3) is 0 Å². The normalized spacial score (nSPS) is 12.6. The van der Waals surface area contributed by atoms with Gasteiger partial charge in [0.1, 0.15) is 0 Å². The molecule has 20 heavy (non-hydrogen) atoms. The lowest BCUT2D eigenvalue weighted by molar-refractivity contribution is -0.136. The van der Waals surface area contributed by atoms with E-state index in [9.17, 15) is 4.79 Å². The van der Waals surface area contributed by atoms with Crippen molar-refractivity contribution in [1.29, 1.82) is 0 Å². The van der Waals surface area contributed by atoms with Crippen LogP contribution in [0.15, 0.2) is 24.3 Å². The molecule has 1 unspecified atom stereocenters. The van der Waals surface area contributed by atoms with Crippen LogP contribution in [-0.2, 0) is 10.5 Å². The largest absolute Gasteiger partial charge is 0.481 e. The van der Waals surface area contributed by atoms with Crippen molar-refractivity contribution in [1.82, 2.24) is 4.98 Å². The summed E-state index contributed by atoms with van der Waals surface area (Å²) in [6.07, 6.45) is 0.148. The van der Waals surface area contributed by atoms with Crippen LogP contribution >= 0.6 is 23.4 Å². The molecule has 3 nitrogen and oxygen atoms in total. The fourth-order valence-corrected chi connectivity index (χ4v) is 3.24. The Hall–Kier alpha value is -1.26. The predicted octanol–water partition coefficient (Wildman–Crippen LogP) is 4.29. The van der Waals surface area contributed by atoms with Crippen LogP contribution in [0.5, 0.6) is 0 Å². The zero-order valence-corrected chi connectivity index (χ0v) is 13.0. The first-order valence-corrected chi connectivity index (χ1v) is 7.79. The maximum absolute atomic E-state index is 10.7. The van der Waals surface area contributed by atoms with Crippen molar-refractivity contribution in [3.05, 3.63) is 40.5 Å². The van der Waals surface area contributed by atoms with Crippen LogP contribution in [0.2, 0.25) is 5.02 Å². The van der Waals surface area contributed by atoms with Crippen molar-refractivity contribution < 1.29 is 9.90 Å². The fourth-order valence-electron chi connectivity index (χ4n) is 2.04. The number of halogens is 1. The summed E-state index contributed by atoms with van der Waals surface area (Å²) in [6.45, 7) is 3.89. The molecule has 106 valence electrons. The topological polar surface area (TPSA) is 50.2 Å². The molecule has 0 saturated heterocycles. The fraction of sp³-hybridized carbons (Fsp3) is 0.333. The third kappa shape index (κ3) is 3.44.